The highest BCUT2D eigenvalue weighted by Gasteiger charge is 2.29. The molecule has 2 N–H and O–H groups in total. The van der Waals surface area contributed by atoms with E-state index in [1.165, 1.54) is 0 Å². The zero-order valence-corrected chi connectivity index (χ0v) is 13.8. The molecule has 0 unspecified atom stereocenters. The molecule has 0 atom stereocenters. The fourth-order valence-corrected chi connectivity index (χ4v) is 3.18. The molecule has 120 valence electrons. The summed E-state index contributed by atoms with van der Waals surface area (Å²) in [5.74, 6) is 0.557. The van der Waals surface area contributed by atoms with E-state index in [2.05, 4.69) is 27.0 Å². The van der Waals surface area contributed by atoms with Crippen LogP contribution in [0.1, 0.15) is 36.1 Å². The van der Waals surface area contributed by atoms with E-state index in [9.17, 15) is 10.2 Å². The van der Waals surface area contributed by atoms with Crippen LogP contribution < -0.4 is 0 Å². The van der Waals surface area contributed by atoms with Crippen molar-refractivity contribution in [2.45, 2.75) is 32.1 Å². The van der Waals surface area contributed by atoms with Crippen LogP contribution in [0, 0.1) is 0 Å². The summed E-state index contributed by atoms with van der Waals surface area (Å²) in [7, 11) is 0. The van der Waals surface area contributed by atoms with E-state index in [0.717, 1.165) is 22.3 Å². The van der Waals surface area contributed by atoms with Gasteiger partial charge in [-0.05, 0) is 36.1 Å². The molecule has 0 radical (unpaired) electrons. The topological polar surface area (TPSA) is 40.5 Å². The van der Waals surface area contributed by atoms with Crippen molar-refractivity contribution in [1.82, 2.24) is 0 Å². The number of hydrogen-bond acceptors (Lipinski definition) is 2. The third-order valence-corrected chi connectivity index (χ3v) is 4.35. The smallest absolute Gasteiger partial charge is 0.119 e. The number of benzene rings is 2. The zero-order chi connectivity index (χ0) is 17.0. The highest BCUT2D eigenvalue weighted by molar-refractivity contribution is 5.53. The van der Waals surface area contributed by atoms with Crippen molar-refractivity contribution in [2.24, 2.45) is 0 Å². The first-order valence-corrected chi connectivity index (χ1v) is 7.78. The van der Waals surface area contributed by atoms with Gasteiger partial charge in [0.05, 0.1) is 0 Å². The van der Waals surface area contributed by atoms with Gasteiger partial charge in [-0.3, -0.25) is 0 Å². The van der Waals surface area contributed by atoms with Crippen LogP contribution in [0.15, 0.2) is 61.7 Å². The molecule has 0 spiro atoms. The summed E-state index contributed by atoms with van der Waals surface area (Å²) in [4.78, 5) is 0. The number of aromatic hydroxyl groups is 2. The Bertz CT molecular complexity index is 665. The van der Waals surface area contributed by atoms with Crippen LogP contribution in [0.25, 0.3) is 0 Å². The van der Waals surface area contributed by atoms with Crippen LogP contribution >= 0.6 is 0 Å². The SMILES string of the molecule is C=CCc1c(O)cccc1C(C)(C)c1cccc(O)c1CC=C. The molecule has 2 aromatic rings. The monoisotopic (exact) mass is 308 g/mol. The summed E-state index contributed by atoms with van der Waals surface area (Å²) in [6.45, 7) is 11.8. The summed E-state index contributed by atoms with van der Waals surface area (Å²) in [6.07, 6.45) is 4.78. The second-order valence-electron chi connectivity index (χ2n) is 6.22. The number of allylic oxidation sites excluding steroid dienone is 2. The molecule has 23 heavy (non-hydrogen) atoms. The molecule has 0 saturated heterocycles. The van der Waals surface area contributed by atoms with Crippen molar-refractivity contribution in [3.63, 3.8) is 0 Å². The highest BCUT2D eigenvalue weighted by atomic mass is 16.3. The largest absolute Gasteiger partial charge is 0.508 e. The predicted octanol–water partition coefficient (Wildman–Crippen LogP) is 4.88. The lowest BCUT2D eigenvalue weighted by Gasteiger charge is -2.31. The van der Waals surface area contributed by atoms with Crippen LogP contribution in [0.2, 0.25) is 0 Å². The minimum Gasteiger partial charge on any atom is -0.508 e. The second-order valence-corrected chi connectivity index (χ2v) is 6.22. The molecule has 2 heteroatoms. The van der Waals surface area contributed by atoms with Crippen molar-refractivity contribution < 1.29 is 10.2 Å². The first kappa shape index (κ1) is 16.9. The van der Waals surface area contributed by atoms with Gasteiger partial charge >= 0.3 is 0 Å². The van der Waals surface area contributed by atoms with Gasteiger partial charge in [0, 0.05) is 16.5 Å². The molecule has 0 saturated carbocycles. The minimum absolute atomic E-state index is 0.279. The lowest BCUT2D eigenvalue weighted by molar-refractivity contribution is 0.462. The van der Waals surface area contributed by atoms with Crippen LogP contribution in [0.4, 0.5) is 0 Å². The van der Waals surface area contributed by atoms with Crippen molar-refractivity contribution >= 4 is 0 Å². The minimum atomic E-state index is -0.367. The molecule has 0 fully saturated rings. The molecular formula is C21H24O2. The van der Waals surface area contributed by atoms with Gasteiger partial charge in [0.15, 0.2) is 0 Å². The Morgan fingerprint density at radius 1 is 0.826 bits per heavy atom. The molecule has 2 rings (SSSR count). The summed E-state index contributed by atoms with van der Waals surface area (Å²) in [5, 5.41) is 20.5. The van der Waals surface area contributed by atoms with Crippen molar-refractivity contribution in [1.29, 1.82) is 0 Å². The van der Waals surface area contributed by atoms with E-state index in [-0.39, 0.29) is 16.9 Å². The van der Waals surface area contributed by atoms with Gasteiger partial charge in [-0.1, -0.05) is 50.3 Å². The van der Waals surface area contributed by atoms with E-state index in [1.807, 2.05) is 24.3 Å². The van der Waals surface area contributed by atoms with Gasteiger partial charge in [-0.15, -0.1) is 13.2 Å². The van der Waals surface area contributed by atoms with Gasteiger partial charge in [-0.2, -0.15) is 0 Å². The van der Waals surface area contributed by atoms with Crippen molar-refractivity contribution in [3.8, 4) is 11.5 Å². The second kappa shape index (κ2) is 6.74. The molecule has 0 heterocycles. The average molecular weight is 308 g/mol. The third kappa shape index (κ3) is 3.16. The summed E-state index contributed by atoms with van der Waals surface area (Å²) in [6, 6.07) is 11.2. The maximum absolute atomic E-state index is 10.2. The first-order valence-electron chi connectivity index (χ1n) is 7.78. The lowest BCUT2D eigenvalue weighted by Crippen LogP contribution is -2.23. The molecule has 0 aliphatic heterocycles. The Labute approximate surface area is 138 Å². The Balaban J connectivity index is 2.68. The van der Waals surface area contributed by atoms with Crippen molar-refractivity contribution in [2.75, 3.05) is 0 Å². The first-order chi connectivity index (χ1) is 10.9. The summed E-state index contributed by atoms with van der Waals surface area (Å²) < 4.78 is 0. The Kier molecular flexibility index (Phi) is 4.95. The van der Waals surface area contributed by atoms with Crippen LogP contribution in [-0.2, 0) is 18.3 Å². The van der Waals surface area contributed by atoms with Gasteiger partial charge in [0.25, 0.3) is 0 Å². The molecule has 0 aliphatic carbocycles. The maximum atomic E-state index is 10.2. The molecular weight excluding hydrogens is 284 g/mol. The van der Waals surface area contributed by atoms with Gasteiger partial charge < -0.3 is 10.2 Å². The summed E-state index contributed by atoms with van der Waals surface area (Å²) in [5.41, 5.74) is 3.45. The molecule has 0 bridgehead atoms. The number of phenolic OH excluding ortho intramolecular Hbond substituents is 2. The van der Waals surface area contributed by atoms with E-state index in [1.54, 1.807) is 24.3 Å². The third-order valence-electron chi connectivity index (χ3n) is 4.35. The Hall–Kier alpha value is -2.48. The van der Waals surface area contributed by atoms with Crippen LogP contribution in [0.3, 0.4) is 0 Å². The van der Waals surface area contributed by atoms with E-state index < -0.39 is 0 Å². The van der Waals surface area contributed by atoms with Crippen LogP contribution in [0.5, 0.6) is 11.5 Å². The molecule has 0 amide bonds. The van der Waals surface area contributed by atoms with Gasteiger partial charge in [0.1, 0.15) is 11.5 Å². The zero-order valence-electron chi connectivity index (χ0n) is 13.8. The van der Waals surface area contributed by atoms with E-state index in [4.69, 9.17) is 0 Å². The number of hydrogen-bond donors (Lipinski definition) is 2. The maximum Gasteiger partial charge on any atom is 0.119 e. The standard InChI is InChI=1S/C21H24O2/c1-5-9-15-17(11-7-13-19(15)22)21(3,4)18-12-8-14-20(23)16(18)10-6-2/h5-8,11-14,22-23H,1-2,9-10H2,3-4H3. The number of phenols is 2. The quantitative estimate of drug-likeness (QED) is 0.747. The normalized spacial score (nSPS) is 11.2. The van der Waals surface area contributed by atoms with E-state index >= 15 is 0 Å². The van der Waals surface area contributed by atoms with Gasteiger partial charge in [-0.25, -0.2) is 0 Å². The summed E-state index contributed by atoms with van der Waals surface area (Å²) >= 11 is 0. The fraction of sp³-hybridized carbons (Fsp3) is 0.238. The molecule has 2 aromatic carbocycles. The molecule has 0 aromatic heterocycles. The van der Waals surface area contributed by atoms with Crippen LogP contribution in [-0.4, -0.2) is 10.2 Å². The predicted molar refractivity (Wildman–Crippen MR) is 96.1 cm³/mol. The molecule has 0 aliphatic rings. The van der Waals surface area contributed by atoms with E-state index in [0.29, 0.717) is 12.8 Å². The fourth-order valence-electron chi connectivity index (χ4n) is 3.18. The average Bonchev–Trinajstić information content (AvgIpc) is 2.51. The molecule has 2 nitrogen and oxygen atoms in total. The van der Waals surface area contributed by atoms with Gasteiger partial charge in [0.2, 0.25) is 0 Å². The number of rotatable bonds is 6. The van der Waals surface area contributed by atoms with Crippen molar-refractivity contribution in [3.05, 3.63) is 84.0 Å². The highest BCUT2D eigenvalue weighted by Crippen LogP contribution is 2.40. The Morgan fingerprint density at radius 2 is 1.22 bits per heavy atom. The Morgan fingerprint density at radius 3 is 1.57 bits per heavy atom. The lowest BCUT2D eigenvalue weighted by atomic mass is 9.73.